The molecule has 124 valence electrons. The number of hydrogen-bond acceptors (Lipinski definition) is 5. The van der Waals surface area contributed by atoms with E-state index in [4.69, 9.17) is 5.11 Å². The number of hydrogen-bond donors (Lipinski definition) is 1. The molecule has 3 rings (SSSR count). The number of rotatable bonds is 4. The van der Waals surface area contributed by atoms with E-state index in [2.05, 4.69) is 9.97 Å². The van der Waals surface area contributed by atoms with Crippen molar-refractivity contribution in [1.29, 1.82) is 0 Å². The van der Waals surface area contributed by atoms with Crippen molar-refractivity contribution in [2.24, 2.45) is 0 Å². The second-order valence-electron chi connectivity index (χ2n) is 5.53. The zero-order valence-electron chi connectivity index (χ0n) is 13.5. The quantitative estimate of drug-likeness (QED) is 0.785. The van der Waals surface area contributed by atoms with Crippen molar-refractivity contribution in [2.45, 2.75) is 20.4 Å². The summed E-state index contributed by atoms with van der Waals surface area (Å²) >= 11 is 1.60. The first-order valence-electron chi connectivity index (χ1n) is 7.25. The molecule has 1 amide bonds. The molecular weight excluding hydrogens is 328 g/mol. The summed E-state index contributed by atoms with van der Waals surface area (Å²) in [5, 5.41) is 9.00. The van der Waals surface area contributed by atoms with Crippen LogP contribution in [0.3, 0.4) is 0 Å². The van der Waals surface area contributed by atoms with Crippen molar-refractivity contribution in [2.75, 3.05) is 7.05 Å². The number of amides is 1. The van der Waals surface area contributed by atoms with Crippen LogP contribution in [0.15, 0.2) is 24.5 Å². The van der Waals surface area contributed by atoms with Crippen molar-refractivity contribution in [3.8, 4) is 0 Å². The fraction of sp³-hybridized carbons (Fsp3) is 0.250. The molecule has 0 aliphatic heterocycles. The first-order chi connectivity index (χ1) is 11.4. The minimum atomic E-state index is -1.16. The molecule has 24 heavy (non-hydrogen) atoms. The van der Waals surface area contributed by atoms with Crippen LogP contribution in [0.1, 0.15) is 37.1 Å². The van der Waals surface area contributed by atoms with Crippen molar-refractivity contribution in [3.05, 3.63) is 52.0 Å². The van der Waals surface area contributed by atoms with Gasteiger partial charge in [-0.05, 0) is 26.0 Å². The lowest BCUT2D eigenvalue weighted by Crippen LogP contribution is -2.27. The van der Waals surface area contributed by atoms with Gasteiger partial charge in [0.2, 0.25) is 0 Å². The van der Waals surface area contributed by atoms with E-state index in [1.165, 1.54) is 18.3 Å². The Hall–Kier alpha value is -2.74. The highest BCUT2D eigenvalue weighted by atomic mass is 32.1. The Morgan fingerprint density at radius 3 is 2.83 bits per heavy atom. The van der Waals surface area contributed by atoms with Crippen LogP contribution in [0.4, 0.5) is 0 Å². The zero-order chi connectivity index (χ0) is 17.4. The fourth-order valence-electron chi connectivity index (χ4n) is 2.50. The standard InChI is InChI=1S/C16H16N4O3S/c1-9-7-20-13(10(2)18-16(20)24-9)8-19(3)14(21)11-4-5-17-12(6-11)15(22)23/h4-7H,8H2,1-3H3,(H,22,23). The van der Waals surface area contributed by atoms with Crippen LogP contribution in [0, 0.1) is 13.8 Å². The molecule has 0 aromatic carbocycles. The first-order valence-corrected chi connectivity index (χ1v) is 8.07. The molecule has 0 fully saturated rings. The second kappa shape index (κ2) is 6.04. The topological polar surface area (TPSA) is 87.8 Å². The maximum atomic E-state index is 12.6. The number of aromatic nitrogens is 3. The third kappa shape index (κ3) is 2.88. The van der Waals surface area contributed by atoms with Gasteiger partial charge in [0.15, 0.2) is 4.96 Å². The number of nitrogens with zero attached hydrogens (tertiary/aromatic N) is 4. The number of aromatic carboxylic acids is 1. The predicted molar refractivity (Wildman–Crippen MR) is 89.5 cm³/mol. The minimum Gasteiger partial charge on any atom is -0.477 e. The van der Waals surface area contributed by atoms with Crippen LogP contribution in [0.5, 0.6) is 0 Å². The number of carboxylic acid groups (broad SMARTS) is 1. The number of carbonyl (C=O) groups is 2. The number of aryl methyl sites for hydroxylation is 2. The summed E-state index contributed by atoms with van der Waals surface area (Å²) in [6, 6.07) is 2.80. The molecule has 0 saturated heterocycles. The van der Waals surface area contributed by atoms with E-state index in [0.717, 1.165) is 21.2 Å². The van der Waals surface area contributed by atoms with Crippen molar-refractivity contribution < 1.29 is 14.7 Å². The lowest BCUT2D eigenvalue weighted by atomic mass is 10.2. The Kier molecular flexibility index (Phi) is 4.06. The lowest BCUT2D eigenvalue weighted by molar-refractivity contribution is 0.0690. The van der Waals surface area contributed by atoms with Crippen LogP contribution < -0.4 is 0 Å². The Balaban J connectivity index is 1.87. The average molecular weight is 344 g/mol. The second-order valence-corrected chi connectivity index (χ2v) is 6.75. The van der Waals surface area contributed by atoms with E-state index >= 15 is 0 Å². The molecule has 0 bridgehead atoms. The average Bonchev–Trinajstić information content (AvgIpc) is 3.03. The predicted octanol–water partition coefficient (Wildman–Crippen LogP) is 2.38. The summed E-state index contributed by atoms with van der Waals surface area (Å²) < 4.78 is 1.99. The molecule has 0 saturated carbocycles. The van der Waals surface area contributed by atoms with Gasteiger partial charge in [-0.2, -0.15) is 0 Å². The van der Waals surface area contributed by atoms with Gasteiger partial charge in [-0.25, -0.2) is 14.8 Å². The van der Waals surface area contributed by atoms with Gasteiger partial charge in [0, 0.05) is 29.9 Å². The number of imidazole rings is 1. The van der Waals surface area contributed by atoms with Crippen LogP contribution in [-0.2, 0) is 6.54 Å². The van der Waals surface area contributed by atoms with E-state index in [-0.39, 0.29) is 11.6 Å². The molecule has 0 unspecified atom stereocenters. The molecule has 0 aliphatic rings. The largest absolute Gasteiger partial charge is 0.477 e. The number of fused-ring (bicyclic) bond motifs is 1. The molecule has 3 heterocycles. The van der Waals surface area contributed by atoms with Crippen LogP contribution in [-0.4, -0.2) is 43.3 Å². The highest BCUT2D eigenvalue weighted by Crippen LogP contribution is 2.22. The first kappa shape index (κ1) is 16.1. The third-order valence-electron chi connectivity index (χ3n) is 3.70. The van der Waals surface area contributed by atoms with Gasteiger partial charge in [0.05, 0.1) is 17.9 Å². The summed E-state index contributed by atoms with van der Waals surface area (Å²) in [5.74, 6) is -1.42. The van der Waals surface area contributed by atoms with E-state index in [1.54, 1.807) is 23.3 Å². The normalized spacial score (nSPS) is 11.0. The van der Waals surface area contributed by atoms with Gasteiger partial charge in [-0.3, -0.25) is 9.20 Å². The maximum Gasteiger partial charge on any atom is 0.354 e. The van der Waals surface area contributed by atoms with Crippen molar-refractivity contribution in [1.82, 2.24) is 19.3 Å². The SMILES string of the molecule is Cc1cn2c(CN(C)C(=O)c3ccnc(C(=O)O)c3)c(C)nc2s1. The Labute approximate surface area is 142 Å². The van der Waals surface area contributed by atoms with Crippen LogP contribution in [0.25, 0.3) is 4.96 Å². The number of carbonyl (C=O) groups excluding carboxylic acids is 1. The van der Waals surface area contributed by atoms with Crippen molar-refractivity contribution >= 4 is 28.2 Å². The van der Waals surface area contributed by atoms with Gasteiger partial charge >= 0.3 is 5.97 Å². The highest BCUT2D eigenvalue weighted by Gasteiger charge is 2.18. The minimum absolute atomic E-state index is 0.148. The van der Waals surface area contributed by atoms with Crippen molar-refractivity contribution in [3.63, 3.8) is 0 Å². The maximum absolute atomic E-state index is 12.6. The Bertz CT molecular complexity index is 944. The summed E-state index contributed by atoms with van der Waals surface area (Å²) in [6.07, 6.45) is 3.33. The molecule has 0 radical (unpaired) electrons. The number of carboxylic acids is 1. The van der Waals surface area contributed by atoms with Crippen LogP contribution >= 0.6 is 11.3 Å². The Morgan fingerprint density at radius 1 is 1.38 bits per heavy atom. The smallest absolute Gasteiger partial charge is 0.354 e. The number of pyridine rings is 1. The van der Waals surface area contributed by atoms with Gasteiger partial charge in [0.1, 0.15) is 5.69 Å². The van der Waals surface area contributed by atoms with Gasteiger partial charge < -0.3 is 10.0 Å². The third-order valence-corrected chi connectivity index (χ3v) is 4.60. The summed E-state index contributed by atoms with van der Waals surface area (Å²) in [5.41, 5.74) is 1.97. The molecule has 3 aromatic heterocycles. The van der Waals surface area contributed by atoms with E-state index < -0.39 is 5.97 Å². The summed E-state index contributed by atoms with van der Waals surface area (Å²) in [6.45, 7) is 4.31. The fourth-order valence-corrected chi connectivity index (χ4v) is 3.39. The van der Waals surface area contributed by atoms with Gasteiger partial charge in [-0.1, -0.05) is 0 Å². The van der Waals surface area contributed by atoms with Gasteiger partial charge in [-0.15, -0.1) is 11.3 Å². The summed E-state index contributed by atoms with van der Waals surface area (Å²) in [4.78, 5) is 35.4. The monoisotopic (exact) mass is 344 g/mol. The summed E-state index contributed by atoms with van der Waals surface area (Å²) in [7, 11) is 1.68. The molecule has 7 nitrogen and oxygen atoms in total. The molecule has 0 aliphatic carbocycles. The lowest BCUT2D eigenvalue weighted by Gasteiger charge is -2.17. The van der Waals surface area contributed by atoms with E-state index in [9.17, 15) is 9.59 Å². The zero-order valence-corrected chi connectivity index (χ0v) is 14.3. The van der Waals surface area contributed by atoms with Crippen LogP contribution in [0.2, 0.25) is 0 Å². The highest BCUT2D eigenvalue weighted by molar-refractivity contribution is 7.17. The van der Waals surface area contributed by atoms with E-state index in [1.807, 2.05) is 24.4 Å². The molecule has 3 aromatic rings. The van der Waals surface area contributed by atoms with Gasteiger partial charge in [0.25, 0.3) is 5.91 Å². The van der Waals surface area contributed by atoms with E-state index in [0.29, 0.717) is 12.1 Å². The Morgan fingerprint density at radius 2 is 2.12 bits per heavy atom. The number of thiazole rings is 1. The molecule has 1 N–H and O–H groups in total. The molecule has 8 heteroatoms. The molecule has 0 atom stereocenters. The molecular formula is C16H16N4O3S. The molecule has 0 spiro atoms.